The molecule has 4 saturated heterocycles. The van der Waals surface area contributed by atoms with Gasteiger partial charge in [0.2, 0.25) is 12.2 Å². The number of nitrogens with one attached hydrogen (secondary N) is 2. The molecule has 3 aromatic carbocycles. The summed E-state index contributed by atoms with van der Waals surface area (Å²) < 4.78 is 89.2. The standard InChI is InChI=1S/C86H126N2O17/c1-53-38-40-82(12)64(83(53,13)52-89)39-41-84(14)65(82)37-36-60-61-45-80(8,9)42-43-86(61,66(93-16)46-85(60,84)15)77(91)102-75-70(54(2)68(62(99-75)50-94-47-57-29-21-17-22-30-57)88-67(90)35-27-20-28-44-87-78(92)105-79(5,6)7)100-76-73-72(103-81(10,11)104-73)71(56(4)98-76)101-74-55(3)69(96-49-59-33-25-19-26-34-59)63(51-97-74)95-48-58-31-23-18-24-32-58/h17-19,21-26,29-34,36,53-56,61-66,68-76,89H,20,27-28,35,37-52H2,1-16H3,(H,87,92)(H,88,90)/t53-,54?,55?,56?,61?,62?,63+,64+,65?,66?,68+,69?,70?,71-,72?,73?,74-,75-,76-,82?,83-,84-,85+,86+/m0/s1. The number of ether oxygens (including phenoxy) is 13. The number of fused-ring (bicyclic) bond motifs is 8. The second kappa shape index (κ2) is 32.2. The molecule has 0 aromatic heterocycles. The molecule has 24 atom stereocenters. The molecule has 0 bridgehead atoms. The SMILES string of the molecule is COC1C[C@]2(C)C(=CCC3C4(C)CC[C@H](C)[C@](C)(CO)[C@@H]4CC[C@@]32C)C2CC(C)(C)CC[C@]12C(=O)O[C@@H]1OC(COCc2ccccc2)[C@H](NC(=O)CCCCCNC(=O)OC(C)(C)C)C(C)C1O[C@@H]1OC(C)[C@H](O[C@@H]2OC[C@@H](OCc3ccccc3)C(OCc3ccccc3)C2C)C2OC(C)(C)OC21. The smallest absolute Gasteiger partial charge is 0.407 e. The molecule has 4 heterocycles. The molecule has 3 N–H and O–H groups in total. The Morgan fingerprint density at radius 1 is 0.667 bits per heavy atom. The highest BCUT2D eigenvalue weighted by atomic mass is 16.8. The van der Waals surface area contributed by atoms with E-state index in [1.54, 1.807) is 7.11 Å². The van der Waals surface area contributed by atoms with Crippen LogP contribution in [-0.2, 0) is 91.0 Å². The monoisotopic (exact) mass is 1460 g/mol. The summed E-state index contributed by atoms with van der Waals surface area (Å²) in [6.07, 6.45) is 2.52. The van der Waals surface area contributed by atoms with Crippen molar-refractivity contribution in [1.29, 1.82) is 0 Å². The number of aliphatic hydroxyl groups excluding tert-OH is 1. The first-order valence-electron chi connectivity index (χ1n) is 39.7. The van der Waals surface area contributed by atoms with Crippen molar-refractivity contribution in [2.75, 3.05) is 33.5 Å². The normalized spacial score (nSPS) is 39.7. The Morgan fingerprint density at radius 3 is 1.97 bits per heavy atom. The lowest BCUT2D eigenvalue weighted by Crippen LogP contribution is -2.68. The molecule has 582 valence electrons. The highest BCUT2D eigenvalue weighted by molar-refractivity contribution is 5.80. The summed E-state index contributed by atoms with van der Waals surface area (Å²) in [4.78, 5) is 43.9. The van der Waals surface area contributed by atoms with Crippen LogP contribution in [0.2, 0.25) is 0 Å². The number of unbranched alkanes of at least 4 members (excludes halogenated alkanes) is 2. The number of alkyl carbamates (subject to hydrolysis) is 1. The van der Waals surface area contributed by atoms with Gasteiger partial charge in [-0.1, -0.05) is 171 Å². The lowest BCUT2D eigenvalue weighted by molar-refractivity contribution is -0.354. The minimum atomic E-state index is -1.35. The molecule has 9 aliphatic rings. The Kier molecular flexibility index (Phi) is 24.4. The first-order valence-corrected chi connectivity index (χ1v) is 39.7. The van der Waals surface area contributed by atoms with E-state index in [2.05, 4.69) is 72.1 Å². The van der Waals surface area contributed by atoms with E-state index in [4.69, 9.17) is 61.6 Å². The van der Waals surface area contributed by atoms with Gasteiger partial charge >= 0.3 is 12.1 Å². The number of benzene rings is 3. The molecule has 12 rings (SSSR count). The summed E-state index contributed by atoms with van der Waals surface area (Å²) >= 11 is 0. The zero-order chi connectivity index (χ0) is 75.1. The van der Waals surface area contributed by atoms with Crippen molar-refractivity contribution in [3.8, 4) is 0 Å². The average molecular weight is 1460 g/mol. The zero-order valence-corrected chi connectivity index (χ0v) is 65.8. The van der Waals surface area contributed by atoms with Crippen molar-refractivity contribution in [3.63, 3.8) is 0 Å². The molecule has 12 unspecified atom stereocenters. The van der Waals surface area contributed by atoms with Crippen LogP contribution in [-0.4, -0.2) is 148 Å². The lowest BCUT2D eigenvalue weighted by atomic mass is 9.33. The fourth-order valence-corrected chi connectivity index (χ4v) is 21.0. The lowest BCUT2D eigenvalue weighted by Gasteiger charge is -2.72. The van der Waals surface area contributed by atoms with Crippen molar-refractivity contribution in [2.45, 2.75) is 298 Å². The van der Waals surface area contributed by atoms with Crippen molar-refractivity contribution in [3.05, 3.63) is 119 Å². The minimum Gasteiger partial charge on any atom is -0.444 e. The van der Waals surface area contributed by atoms with Gasteiger partial charge < -0.3 is 77.3 Å². The van der Waals surface area contributed by atoms with Crippen LogP contribution >= 0.6 is 0 Å². The van der Waals surface area contributed by atoms with Gasteiger partial charge in [0.25, 0.3) is 0 Å². The maximum absolute atomic E-state index is 16.8. The molecule has 3 aromatic rings. The summed E-state index contributed by atoms with van der Waals surface area (Å²) in [7, 11) is 1.78. The topological polar surface area (TPSA) is 215 Å². The number of hydrogen-bond acceptors (Lipinski definition) is 17. The Bertz CT molecular complexity index is 3420. The van der Waals surface area contributed by atoms with Gasteiger partial charge in [0.15, 0.2) is 18.4 Å². The van der Waals surface area contributed by atoms with Gasteiger partial charge in [-0.3, -0.25) is 9.59 Å². The van der Waals surface area contributed by atoms with Gasteiger partial charge in [0.05, 0.1) is 57.4 Å². The number of methoxy groups -OCH3 is 1. The molecule has 105 heavy (non-hydrogen) atoms. The largest absolute Gasteiger partial charge is 0.444 e. The van der Waals surface area contributed by atoms with E-state index in [0.717, 1.165) is 61.6 Å². The Balaban J connectivity index is 0.852. The predicted octanol–water partition coefficient (Wildman–Crippen LogP) is 14.9. The third-order valence-electron chi connectivity index (χ3n) is 27.2. The van der Waals surface area contributed by atoms with Crippen LogP contribution in [0.1, 0.15) is 204 Å². The molecule has 4 aliphatic heterocycles. The molecule has 5 aliphatic carbocycles. The number of esters is 1. The number of carbonyl (C=O) groups is 3. The fourth-order valence-electron chi connectivity index (χ4n) is 21.0. The van der Waals surface area contributed by atoms with E-state index in [9.17, 15) is 14.7 Å². The summed E-state index contributed by atoms with van der Waals surface area (Å²) in [6, 6.07) is 29.4. The number of allylic oxidation sites excluding steroid dienone is 2. The van der Waals surface area contributed by atoms with Crippen molar-refractivity contribution in [1.82, 2.24) is 10.6 Å². The van der Waals surface area contributed by atoms with Gasteiger partial charge in [-0.25, -0.2) is 4.79 Å². The fraction of sp³-hybridized carbons (Fsp3) is 0.733. The average Bonchev–Trinajstić information content (AvgIpc) is 1.17. The van der Waals surface area contributed by atoms with Crippen molar-refractivity contribution in [2.24, 2.45) is 68.0 Å². The Morgan fingerprint density at radius 2 is 1.31 bits per heavy atom. The summed E-state index contributed by atoms with van der Waals surface area (Å²) in [5, 5.41) is 17.4. The summed E-state index contributed by atoms with van der Waals surface area (Å²) in [5.41, 5.74) is 1.95. The predicted molar refractivity (Wildman–Crippen MR) is 397 cm³/mol. The summed E-state index contributed by atoms with van der Waals surface area (Å²) in [6.45, 7) is 34.1. The number of aliphatic hydroxyl groups is 1. The molecule has 19 heteroatoms. The van der Waals surface area contributed by atoms with E-state index in [1.165, 1.54) is 5.57 Å². The molecule has 0 radical (unpaired) electrons. The number of rotatable bonds is 25. The zero-order valence-electron chi connectivity index (χ0n) is 65.8. The molecular formula is C86H126N2O17. The van der Waals surface area contributed by atoms with Gasteiger partial charge in [-0.05, 0) is 180 Å². The number of hydrogen-bond donors (Lipinski definition) is 3. The Hall–Kier alpha value is -4.87. The van der Waals surface area contributed by atoms with Crippen LogP contribution in [0.15, 0.2) is 103 Å². The van der Waals surface area contributed by atoms with Crippen molar-refractivity contribution >= 4 is 18.0 Å². The van der Waals surface area contributed by atoms with Crippen LogP contribution in [0.25, 0.3) is 0 Å². The maximum Gasteiger partial charge on any atom is 0.407 e. The Labute approximate surface area is 625 Å². The van der Waals surface area contributed by atoms with E-state index < -0.39 is 115 Å². The highest BCUT2D eigenvalue weighted by Gasteiger charge is 2.73. The third-order valence-corrected chi connectivity index (χ3v) is 27.2. The summed E-state index contributed by atoms with van der Waals surface area (Å²) in [5.74, 6) is -1.69. The first kappa shape index (κ1) is 79.7. The molecule has 8 fully saturated rings. The van der Waals surface area contributed by atoms with Crippen molar-refractivity contribution < 1.29 is 81.1 Å². The minimum absolute atomic E-state index is 0.0148. The van der Waals surface area contributed by atoms with E-state index in [0.29, 0.717) is 69.6 Å². The van der Waals surface area contributed by atoms with E-state index >= 15 is 4.79 Å². The van der Waals surface area contributed by atoms with Gasteiger partial charge in [0, 0.05) is 38.5 Å². The first-order chi connectivity index (χ1) is 49.9. The molecule has 4 saturated carbocycles. The van der Waals surface area contributed by atoms with Gasteiger partial charge in [-0.15, -0.1) is 0 Å². The third kappa shape index (κ3) is 16.5. The van der Waals surface area contributed by atoms with Gasteiger partial charge in [-0.2, -0.15) is 0 Å². The van der Waals surface area contributed by atoms with Crippen LogP contribution in [0, 0.1) is 68.0 Å². The molecule has 19 nitrogen and oxygen atoms in total. The molecule has 2 amide bonds. The number of carbonyl (C=O) groups excluding carboxylic acids is 3. The van der Waals surface area contributed by atoms with Crippen LogP contribution in [0.3, 0.4) is 0 Å². The number of amides is 2. The quantitative estimate of drug-likeness (QED) is 0.0408. The maximum atomic E-state index is 16.8. The van der Waals surface area contributed by atoms with Gasteiger partial charge in [0.1, 0.15) is 47.6 Å². The second-order valence-electron chi connectivity index (χ2n) is 36.1. The molecule has 0 spiro atoms. The van der Waals surface area contributed by atoms with E-state index in [-0.39, 0.29) is 77.7 Å². The van der Waals surface area contributed by atoms with Crippen LogP contribution < -0.4 is 10.6 Å². The highest BCUT2D eigenvalue weighted by Crippen LogP contribution is 2.76. The van der Waals surface area contributed by atoms with E-state index in [1.807, 2.05) is 139 Å². The molecular weight excluding hydrogens is 1330 g/mol. The van der Waals surface area contributed by atoms with Crippen LogP contribution in [0.5, 0.6) is 0 Å². The second-order valence-corrected chi connectivity index (χ2v) is 36.1. The van der Waals surface area contributed by atoms with Crippen LogP contribution in [0.4, 0.5) is 4.79 Å².